The van der Waals surface area contributed by atoms with E-state index in [2.05, 4.69) is 15.9 Å². The van der Waals surface area contributed by atoms with Crippen molar-refractivity contribution in [1.82, 2.24) is 0 Å². The summed E-state index contributed by atoms with van der Waals surface area (Å²) in [6.45, 7) is 4.03. The minimum Gasteiger partial charge on any atom is -0.465 e. The molecule has 120 valence electrons. The van der Waals surface area contributed by atoms with Crippen molar-refractivity contribution in [3.8, 4) is 0 Å². The van der Waals surface area contributed by atoms with E-state index in [4.69, 9.17) is 14.9 Å². The van der Waals surface area contributed by atoms with Gasteiger partial charge in [0.05, 0.1) is 6.61 Å². The first-order chi connectivity index (χ1) is 10.4. The van der Waals surface area contributed by atoms with Crippen molar-refractivity contribution in [3.63, 3.8) is 0 Å². The van der Waals surface area contributed by atoms with Crippen LogP contribution in [0.1, 0.15) is 38.2 Å². The molecule has 1 aromatic carbocycles. The maximum atomic E-state index is 13.9. The van der Waals surface area contributed by atoms with Gasteiger partial charge in [-0.15, -0.1) is 0 Å². The Morgan fingerprint density at radius 1 is 1.45 bits per heavy atom. The average Bonchev–Trinajstić information content (AvgIpc) is 2.79. The molecule has 0 spiro atoms. The molecular formula is C16H19BrFNO3. The van der Waals surface area contributed by atoms with Gasteiger partial charge in [-0.05, 0) is 47.5 Å². The number of fused-ring (bicyclic) bond motifs is 1. The summed E-state index contributed by atoms with van der Waals surface area (Å²) in [5.74, 6) is -1.67. The van der Waals surface area contributed by atoms with Crippen LogP contribution >= 0.6 is 15.9 Å². The summed E-state index contributed by atoms with van der Waals surface area (Å²) in [6, 6.07) is 3.77. The second kappa shape index (κ2) is 7.24. The van der Waals surface area contributed by atoms with Crippen LogP contribution in [0.15, 0.2) is 27.3 Å². The Bertz CT molecular complexity index is 669. The van der Waals surface area contributed by atoms with Gasteiger partial charge < -0.3 is 14.9 Å². The first-order valence-electron chi connectivity index (χ1n) is 7.24. The molecule has 0 aliphatic heterocycles. The lowest BCUT2D eigenvalue weighted by Gasteiger charge is -2.20. The number of unbranched alkanes of at least 4 members (excludes halogenated alkanes) is 1. The van der Waals surface area contributed by atoms with Crippen LogP contribution < -0.4 is 5.73 Å². The minimum atomic E-state index is -0.770. The second-order valence-electron chi connectivity index (χ2n) is 5.32. The van der Waals surface area contributed by atoms with E-state index in [-0.39, 0.29) is 0 Å². The monoisotopic (exact) mass is 371 g/mol. The number of halogens is 2. The predicted octanol–water partition coefficient (Wildman–Crippen LogP) is 4.11. The Balaban J connectivity index is 2.42. The van der Waals surface area contributed by atoms with Crippen LogP contribution in [-0.4, -0.2) is 18.6 Å². The van der Waals surface area contributed by atoms with E-state index in [1.165, 1.54) is 12.1 Å². The van der Waals surface area contributed by atoms with Gasteiger partial charge in [0, 0.05) is 17.0 Å². The van der Waals surface area contributed by atoms with Crippen LogP contribution in [0.3, 0.4) is 0 Å². The van der Waals surface area contributed by atoms with Crippen LogP contribution in [0.25, 0.3) is 11.0 Å². The molecule has 0 bridgehead atoms. The summed E-state index contributed by atoms with van der Waals surface area (Å²) in [4.78, 5) is 12.3. The fourth-order valence-electron chi connectivity index (χ4n) is 2.37. The molecule has 2 unspecified atom stereocenters. The minimum absolute atomic E-state index is 0.332. The standard InChI is InChI=1S/C16H19BrFNO3/c1-3-4-5-21-16(20)14(9(2)19)12-8-11(18)6-10-7-13(17)22-15(10)12/h6-9,14H,3-5,19H2,1-2H3. The van der Waals surface area contributed by atoms with E-state index in [1.807, 2.05) is 6.92 Å². The van der Waals surface area contributed by atoms with E-state index in [1.54, 1.807) is 13.0 Å². The zero-order valence-electron chi connectivity index (χ0n) is 12.6. The van der Waals surface area contributed by atoms with Gasteiger partial charge in [-0.25, -0.2) is 4.39 Å². The maximum absolute atomic E-state index is 13.9. The van der Waals surface area contributed by atoms with Gasteiger partial charge in [-0.3, -0.25) is 4.79 Å². The molecule has 0 aliphatic carbocycles. The second-order valence-corrected chi connectivity index (χ2v) is 6.10. The number of esters is 1. The zero-order valence-corrected chi connectivity index (χ0v) is 14.2. The molecule has 2 atom stereocenters. The molecule has 0 fully saturated rings. The summed E-state index contributed by atoms with van der Waals surface area (Å²) in [5.41, 5.74) is 6.81. The van der Waals surface area contributed by atoms with Gasteiger partial charge in [0.2, 0.25) is 0 Å². The van der Waals surface area contributed by atoms with Crippen LogP contribution in [0.5, 0.6) is 0 Å². The number of rotatable bonds is 6. The quantitative estimate of drug-likeness (QED) is 0.612. The van der Waals surface area contributed by atoms with E-state index in [9.17, 15) is 9.18 Å². The average molecular weight is 372 g/mol. The Morgan fingerprint density at radius 3 is 2.82 bits per heavy atom. The predicted molar refractivity (Wildman–Crippen MR) is 86.1 cm³/mol. The number of nitrogens with two attached hydrogens (primary N) is 1. The summed E-state index contributed by atoms with van der Waals surface area (Å²) < 4.78 is 25.1. The third-order valence-corrected chi connectivity index (χ3v) is 3.83. The Kier molecular flexibility index (Phi) is 5.58. The first kappa shape index (κ1) is 17.0. The third kappa shape index (κ3) is 3.67. The number of furan rings is 1. The lowest BCUT2D eigenvalue weighted by atomic mass is 9.91. The number of hydrogen-bond acceptors (Lipinski definition) is 4. The maximum Gasteiger partial charge on any atom is 0.315 e. The molecule has 1 heterocycles. The van der Waals surface area contributed by atoms with Gasteiger partial charge in [-0.2, -0.15) is 0 Å². The van der Waals surface area contributed by atoms with E-state index in [0.717, 1.165) is 12.8 Å². The van der Waals surface area contributed by atoms with Gasteiger partial charge in [0.1, 0.15) is 17.3 Å². The fourth-order valence-corrected chi connectivity index (χ4v) is 2.78. The molecule has 2 aromatic rings. The SMILES string of the molecule is CCCCOC(=O)C(c1cc(F)cc2cc(Br)oc12)C(C)N. The van der Waals surface area contributed by atoms with Gasteiger partial charge in [0.15, 0.2) is 4.67 Å². The number of carbonyl (C=O) groups is 1. The molecule has 0 radical (unpaired) electrons. The van der Waals surface area contributed by atoms with Gasteiger partial charge in [0.25, 0.3) is 0 Å². The molecule has 2 N–H and O–H groups in total. The van der Waals surface area contributed by atoms with Crippen molar-refractivity contribution >= 4 is 32.9 Å². The Hall–Kier alpha value is -1.40. The number of benzene rings is 1. The molecule has 0 saturated heterocycles. The zero-order chi connectivity index (χ0) is 16.3. The molecular weight excluding hydrogens is 353 g/mol. The molecule has 0 saturated carbocycles. The normalized spacial score (nSPS) is 14.0. The van der Waals surface area contributed by atoms with Crippen LogP contribution in [0.4, 0.5) is 4.39 Å². The van der Waals surface area contributed by atoms with Crippen molar-refractivity contribution in [2.75, 3.05) is 6.61 Å². The highest BCUT2D eigenvalue weighted by atomic mass is 79.9. The third-order valence-electron chi connectivity index (χ3n) is 3.44. The van der Waals surface area contributed by atoms with Crippen LogP contribution in [0, 0.1) is 5.82 Å². The first-order valence-corrected chi connectivity index (χ1v) is 8.04. The molecule has 0 aliphatic rings. The molecule has 22 heavy (non-hydrogen) atoms. The molecule has 2 rings (SSSR count). The summed E-state index contributed by atoms with van der Waals surface area (Å²) in [7, 11) is 0. The fraction of sp³-hybridized carbons (Fsp3) is 0.438. The Morgan fingerprint density at radius 2 is 2.18 bits per heavy atom. The molecule has 6 heteroatoms. The topological polar surface area (TPSA) is 65.5 Å². The van der Waals surface area contributed by atoms with Crippen molar-refractivity contribution < 1.29 is 18.3 Å². The largest absolute Gasteiger partial charge is 0.465 e. The van der Waals surface area contributed by atoms with Crippen molar-refractivity contribution in [1.29, 1.82) is 0 Å². The summed E-state index contributed by atoms with van der Waals surface area (Å²) >= 11 is 3.22. The highest BCUT2D eigenvalue weighted by Crippen LogP contribution is 2.33. The van der Waals surface area contributed by atoms with Gasteiger partial charge >= 0.3 is 5.97 Å². The van der Waals surface area contributed by atoms with Crippen LogP contribution in [-0.2, 0) is 9.53 Å². The molecule has 0 amide bonds. The highest BCUT2D eigenvalue weighted by Gasteiger charge is 2.30. The number of carbonyl (C=O) groups excluding carboxylic acids is 1. The Labute approximate surface area is 136 Å². The van der Waals surface area contributed by atoms with Gasteiger partial charge in [-0.1, -0.05) is 13.3 Å². The van der Waals surface area contributed by atoms with Crippen LogP contribution in [0.2, 0.25) is 0 Å². The number of ether oxygens (including phenoxy) is 1. The molecule has 4 nitrogen and oxygen atoms in total. The lowest BCUT2D eigenvalue weighted by molar-refractivity contribution is -0.146. The summed E-state index contributed by atoms with van der Waals surface area (Å²) in [6.07, 6.45) is 1.70. The van der Waals surface area contributed by atoms with E-state index >= 15 is 0 Å². The molecule has 1 aromatic heterocycles. The van der Waals surface area contributed by atoms with E-state index in [0.29, 0.717) is 27.8 Å². The highest BCUT2D eigenvalue weighted by molar-refractivity contribution is 9.10. The van der Waals surface area contributed by atoms with Crippen molar-refractivity contribution in [3.05, 3.63) is 34.2 Å². The van der Waals surface area contributed by atoms with E-state index < -0.39 is 23.7 Å². The smallest absolute Gasteiger partial charge is 0.315 e. The number of hydrogen-bond donors (Lipinski definition) is 1. The van der Waals surface area contributed by atoms with Crippen molar-refractivity contribution in [2.24, 2.45) is 5.73 Å². The summed E-state index contributed by atoms with van der Waals surface area (Å²) in [5, 5.41) is 0.578. The van der Waals surface area contributed by atoms with Crippen molar-refractivity contribution in [2.45, 2.75) is 38.6 Å². The lowest BCUT2D eigenvalue weighted by Crippen LogP contribution is -2.32.